The molecule has 0 aliphatic heterocycles. The minimum atomic E-state index is 0.172. The lowest BCUT2D eigenvalue weighted by Gasteiger charge is -2.20. The van der Waals surface area contributed by atoms with Crippen LogP contribution in [0.2, 0.25) is 5.02 Å². The number of ether oxygens (including phenoxy) is 1. The lowest BCUT2D eigenvalue weighted by molar-refractivity contribution is 0.406. The topological polar surface area (TPSA) is 34.1 Å². The highest BCUT2D eigenvalue weighted by atomic mass is 35.5. The van der Waals surface area contributed by atoms with Crippen molar-refractivity contribution >= 4 is 11.6 Å². The molecule has 112 valence electrons. The van der Waals surface area contributed by atoms with Gasteiger partial charge in [0.05, 0.1) is 7.11 Å². The van der Waals surface area contributed by atoms with Gasteiger partial charge in [-0.3, -0.25) is 4.98 Å². The van der Waals surface area contributed by atoms with E-state index in [1.807, 2.05) is 45.2 Å². The molecule has 21 heavy (non-hydrogen) atoms. The first-order valence-corrected chi connectivity index (χ1v) is 7.36. The van der Waals surface area contributed by atoms with Gasteiger partial charge in [-0.1, -0.05) is 17.7 Å². The summed E-state index contributed by atoms with van der Waals surface area (Å²) >= 11 is 6.11. The highest BCUT2D eigenvalue weighted by Gasteiger charge is 2.16. The molecule has 0 aliphatic rings. The number of halogens is 1. The number of pyridine rings is 1. The van der Waals surface area contributed by atoms with Gasteiger partial charge in [0.25, 0.3) is 0 Å². The number of hydrogen-bond acceptors (Lipinski definition) is 3. The second kappa shape index (κ2) is 6.92. The summed E-state index contributed by atoms with van der Waals surface area (Å²) in [5.74, 6) is 0.859. The Morgan fingerprint density at radius 2 is 2.00 bits per heavy atom. The Labute approximate surface area is 131 Å². The zero-order valence-electron chi connectivity index (χ0n) is 12.9. The largest absolute Gasteiger partial charge is 0.496 e. The zero-order chi connectivity index (χ0) is 15.4. The molecule has 0 saturated carbocycles. The van der Waals surface area contributed by atoms with E-state index in [0.29, 0.717) is 0 Å². The molecule has 0 aliphatic carbocycles. The molecule has 1 atom stereocenters. The first kappa shape index (κ1) is 15.8. The molecule has 1 unspecified atom stereocenters. The zero-order valence-corrected chi connectivity index (χ0v) is 13.7. The van der Waals surface area contributed by atoms with Crippen LogP contribution in [0.15, 0.2) is 30.3 Å². The number of aromatic nitrogens is 1. The normalized spacial score (nSPS) is 12.2. The van der Waals surface area contributed by atoms with E-state index in [1.54, 1.807) is 7.11 Å². The SMILES string of the molecule is CNC(Cc1cc(Cl)ccc1OC)c1ccc(C)nc1C. The van der Waals surface area contributed by atoms with Crippen LogP contribution in [0.1, 0.15) is 28.6 Å². The Morgan fingerprint density at radius 1 is 1.24 bits per heavy atom. The number of likely N-dealkylation sites (N-methyl/N-ethyl adjacent to an activating group) is 1. The molecule has 0 amide bonds. The van der Waals surface area contributed by atoms with Crippen LogP contribution in [0.5, 0.6) is 5.75 Å². The van der Waals surface area contributed by atoms with Crippen LogP contribution < -0.4 is 10.1 Å². The van der Waals surface area contributed by atoms with Crippen molar-refractivity contribution < 1.29 is 4.74 Å². The van der Waals surface area contributed by atoms with Crippen molar-refractivity contribution in [3.05, 3.63) is 57.9 Å². The van der Waals surface area contributed by atoms with Crippen LogP contribution >= 0.6 is 11.6 Å². The average Bonchev–Trinajstić information content (AvgIpc) is 2.45. The van der Waals surface area contributed by atoms with Crippen molar-refractivity contribution in [1.29, 1.82) is 0 Å². The third-order valence-electron chi connectivity index (χ3n) is 3.66. The predicted molar refractivity (Wildman–Crippen MR) is 87.2 cm³/mol. The van der Waals surface area contributed by atoms with Crippen LogP contribution in [-0.2, 0) is 6.42 Å². The molecule has 1 heterocycles. The fourth-order valence-corrected chi connectivity index (χ4v) is 2.75. The molecule has 2 aromatic rings. The smallest absolute Gasteiger partial charge is 0.122 e. The molecule has 4 heteroatoms. The van der Waals surface area contributed by atoms with Gasteiger partial charge in [-0.2, -0.15) is 0 Å². The Morgan fingerprint density at radius 3 is 2.62 bits per heavy atom. The molecule has 1 N–H and O–H groups in total. The van der Waals surface area contributed by atoms with Gasteiger partial charge in [-0.25, -0.2) is 0 Å². The van der Waals surface area contributed by atoms with Gasteiger partial charge in [-0.15, -0.1) is 0 Å². The molecular formula is C17H21ClN2O. The molecular weight excluding hydrogens is 284 g/mol. The summed E-state index contributed by atoms with van der Waals surface area (Å²) < 4.78 is 5.43. The van der Waals surface area contributed by atoms with E-state index in [0.717, 1.165) is 34.1 Å². The summed E-state index contributed by atoms with van der Waals surface area (Å²) in [7, 11) is 3.64. The number of aryl methyl sites for hydroxylation is 2. The van der Waals surface area contributed by atoms with E-state index in [4.69, 9.17) is 16.3 Å². The lowest BCUT2D eigenvalue weighted by atomic mass is 9.97. The number of rotatable bonds is 5. The van der Waals surface area contributed by atoms with Crippen molar-refractivity contribution in [3.8, 4) is 5.75 Å². The van der Waals surface area contributed by atoms with Crippen LogP contribution in [0.25, 0.3) is 0 Å². The van der Waals surface area contributed by atoms with Gasteiger partial charge in [0.2, 0.25) is 0 Å². The van der Waals surface area contributed by atoms with E-state index >= 15 is 0 Å². The highest BCUT2D eigenvalue weighted by Crippen LogP contribution is 2.28. The average molecular weight is 305 g/mol. The van der Waals surface area contributed by atoms with Gasteiger partial charge in [0.1, 0.15) is 5.75 Å². The van der Waals surface area contributed by atoms with Gasteiger partial charge in [-0.05, 0) is 62.7 Å². The molecule has 0 fully saturated rings. The van der Waals surface area contributed by atoms with Crippen LogP contribution in [0.3, 0.4) is 0 Å². The van der Waals surface area contributed by atoms with E-state index in [1.165, 1.54) is 5.56 Å². The molecule has 0 bridgehead atoms. The van der Waals surface area contributed by atoms with Crippen molar-refractivity contribution in [1.82, 2.24) is 10.3 Å². The van der Waals surface area contributed by atoms with Gasteiger partial charge in [0.15, 0.2) is 0 Å². The van der Waals surface area contributed by atoms with Crippen LogP contribution in [0, 0.1) is 13.8 Å². The summed E-state index contributed by atoms with van der Waals surface area (Å²) in [5, 5.41) is 4.08. The quantitative estimate of drug-likeness (QED) is 0.910. The molecule has 1 aromatic heterocycles. The maximum atomic E-state index is 6.11. The summed E-state index contributed by atoms with van der Waals surface area (Å²) in [6.45, 7) is 4.05. The van der Waals surface area contributed by atoms with Gasteiger partial charge < -0.3 is 10.1 Å². The molecule has 3 nitrogen and oxygen atoms in total. The standard InChI is InChI=1S/C17H21ClN2O/c1-11-5-7-15(12(2)20-11)16(19-3)10-13-9-14(18)6-8-17(13)21-4/h5-9,16,19H,10H2,1-4H3. The maximum absolute atomic E-state index is 6.11. The van der Waals surface area contributed by atoms with Gasteiger partial charge in [0, 0.05) is 22.5 Å². The summed E-state index contributed by atoms with van der Waals surface area (Å²) in [6, 6.07) is 10.1. The Hall–Kier alpha value is -1.58. The summed E-state index contributed by atoms with van der Waals surface area (Å²) in [5.41, 5.74) is 4.37. The monoisotopic (exact) mass is 304 g/mol. The predicted octanol–water partition coefficient (Wildman–Crippen LogP) is 3.86. The van der Waals surface area contributed by atoms with Crippen molar-refractivity contribution in [3.63, 3.8) is 0 Å². The van der Waals surface area contributed by atoms with Crippen molar-refractivity contribution in [2.75, 3.05) is 14.2 Å². The Balaban J connectivity index is 2.33. The first-order chi connectivity index (χ1) is 10.0. The van der Waals surface area contributed by atoms with E-state index in [-0.39, 0.29) is 6.04 Å². The molecule has 0 spiro atoms. The summed E-state index contributed by atoms with van der Waals surface area (Å²) in [4.78, 5) is 4.55. The van der Waals surface area contributed by atoms with E-state index in [9.17, 15) is 0 Å². The highest BCUT2D eigenvalue weighted by molar-refractivity contribution is 6.30. The minimum Gasteiger partial charge on any atom is -0.496 e. The third-order valence-corrected chi connectivity index (χ3v) is 3.89. The fraction of sp³-hybridized carbons (Fsp3) is 0.353. The molecule has 0 radical (unpaired) electrons. The fourth-order valence-electron chi connectivity index (χ4n) is 2.56. The first-order valence-electron chi connectivity index (χ1n) is 6.99. The molecule has 2 rings (SSSR count). The van der Waals surface area contributed by atoms with E-state index in [2.05, 4.69) is 16.4 Å². The summed E-state index contributed by atoms with van der Waals surface area (Å²) in [6.07, 6.45) is 0.797. The maximum Gasteiger partial charge on any atom is 0.122 e. The second-order valence-corrected chi connectivity index (χ2v) is 5.57. The molecule has 1 aromatic carbocycles. The minimum absolute atomic E-state index is 0.172. The van der Waals surface area contributed by atoms with Gasteiger partial charge >= 0.3 is 0 Å². The number of benzene rings is 1. The number of nitrogens with zero attached hydrogens (tertiary/aromatic N) is 1. The van der Waals surface area contributed by atoms with Crippen LogP contribution in [-0.4, -0.2) is 19.1 Å². The number of hydrogen-bond donors (Lipinski definition) is 1. The third kappa shape index (κ3) is 3.74. The second-order valence-electron chi connectivity index (χ2n) is 5.13. The number of nitrogens with one attached hydrogen (secondary N) is 1. The Kier molecular flexibility index (Phi) is 5.21. The lowest BCUT2D eigenvalue weighted by Crippen LogP contribution is -2.20. The number of methoxy groups -OCH3 is 1. The molecule has 0 saturated heterocycles. The van der Waals surface area contributed by atoms with Crippen molar-refractivity contribution in [2.24, 2.45) is 0 Å². The van der Waals surface area contributed by atoms with Crippen molar-refractivity contribution in [2.45, 2.75) is 26.3 Å². The van der Waals surface area contributed by atoms with Crippen LogP contribution in [0.4, 0.5) is 0 Å². The Bertz CT molecular complexity index is 628. The van der Waals surface area contributed by atoms with E-state index < -0.39 is 0 Å².